The summed E-state index contributed by atoms with van der Waals surface area (Å²) in [6.07, 6.45) is 0.837. The second-order valence-electron chi connectivity index (χ2n) is 7.28. The first-order valence-electron chi connectivity index (χ1n) is 10.1. The van der Waals surface area contributed by atoms with Crippen molar-refractivity contribution in [2.45, 2.75) is 26.3 Å². The maximum absolute atomic E-state index is 12.7. The first-order chi connectivity index (χ1) is 14.5. The van der Waals surface area contributed by atoms with Gasteiger partial charge in [-0.25, -0.2) is 0 Å². The molecule has 6 nitrogen and oxygen atoms in total. The molecule has 0 aromatic heterocycles. The topological polar surface area (TPSA) is 62.8 Å². The predicted molar refractivity (Wildman–Crippen MR) is 122 cm³/mol. The van der Waals surface area contributed by atoms with Crippen molar-refractivity contribution in [3.63, 3.8) is 0 Å². The molecule has 1 aliphatic heterocycles. The third-order valence-electron chi connectivity index (χ3n) is 5.36. The normalized spacial score (nSPS) is 15.2. The van der Waals surface area contributed by atoms with Crippen LogP contribution in [-0.2, 0) is 6.42 Å². The van der Waals surface area contributed by atoms with E-state index in [2.05, 4.69) is 15.5 Å². The second kappa shape index (κ2) is 9.80. The van der Waals surface area contributed by atoms with Gasteiger partial charge in [0.25, 0.3) is 5.91 Å². The molecule has 3 rings (SSSR count). The summed E-state index contributed by atoms with van der Waals surface area (Å²) >= 11 is 5.62. The van der Waals surface area contributed by atoms with Crippen molar-refractivity contribution in [1.29, 1.82) is 0 Å². The second-order valence-corrected chi connectivity index (χ2v) is 7.66. The number of nitrogens with zero attached hydrogens (tertiary/aromatic N) is 1. The van der Waals surface area contributed by atoms with Gasteiger partial charge < -0.3 is 25.0 Å². The van der Waals surface area contributed by atoms with Crippen LogP contribution in [0.1, 0.15) is 40.0 Å². The molecular formula is C23H29N3O3S. The Kier molecular flexibility index (Phi) is 7.15. The number of fused-ring (bicyclic) bond motifs is 1. The van der Waals surface area contributed by atoms with Gasteiger partial charge in [-0.1, -0.05) is 17.7 Å². The molecule has 0 fully saturated rings. The Balaban J connectivity index is 1.89. The van der Waals surface area contributed by atoms with Crippen molar-refractivity contribution in [3.8, 4) is 11.5 Å². The van der Waals surface area contributed by atoms with Gasteiger partial charge in [-0.05, 0) is 67.9 Å². The molecule has 0 bridgehead atoms. The van der Waals surface area contributed by atoms with Crippen LogP contribution in [0.25, 0.3) is 0 Å². The number of ether oxygens (including phenoxy) is 2. The lowest BCUT2D eigenvalue weighted by atomic mass is 9.92. The monoisotopic (exact) mass is 427 g/mol. The van der Waals surface area contributed by atoms with Crippen LogP contribution in [0.5, 0.6) is 11.5 Å². The Morgan fingerprint density at radius 3 is 2.43 bits per heavy atom. The number of hydrogen-bond donors (Lipinski definition) is 2. The van der Waals surface area contributed by atoms with Crippen molar-refractivity contribution in [3.05, 3.63) is 58.7 Å². The summed E-state index contributed by atoms with van der Waals surface area (Å²) in [6, 6.07) is 11.5. The molecule has 2 aromatic carbocycles. The van der Waals surface area contributed by atoms with Gasteiger partial charge in [0.2, 0.25) is 0 Å². The fraction of sp³-hybridized carbons (Fsp3) is 0.391. The molecule has 0 saturated heterocycles. The zero-order valence-corrected chi connectivity index (χ0v) is 18.8. The summed E-state index contributed by atoms with van der Waals surface area (Å²) in [7, 11) is 3.27. The number of methoxy groups -OCH3 is 2. The third kappa shape index (κ3) is 4.67. The Hall–Kier alpha value is -2.80. The average molecular weight is 428 g/mol. The highest BCUT2D eigenvalue weighted by Crippen LogP contribution is 2.38. The van der Waals surface area contributed by atoms with Gasteiger partial charge in [-0.2, -0.15) is 0 Å². The van der Waals surface area contributed by atoms with Gasteiger partial charge in [0.1, 0.15) is 0 Å². The predicted octanol–water partition coefficient (Wildman–Crippen LogP) is 3.24. The quantitative estimate of drug-likeness (QED) is 0.690. The van der Waals surface area contributed by atoms with Crippen LogP contribution in [0.15, 0.2) is 36.4 Å². The lowest BCUT2D eigenvalue weighted by molar-refractivity contribution is 0.0942. The number of benzene rings is 2. The molecule has 160 valence electrons. The van der Waals surface area contributed by atoms with Crippen molar-refractivity contribution >= 4 is 23.2 Å². The van der Waals surface area contributed by atoms with Crippen molar-refractivity contribution in [2.24, 2.45) is 0 Å². The zero-order chi connectivity index (χ0) is 21.7. The highest BCUT2D eigenvalue weighted by Gasteiger charge is 2.31. The summed E-state index contributed by atoms with van der Waals surface area (Å²) in [5, 5.41) is 7.01. The highest BCUT2D eigenvalue weighted by atomic mass is 32.1. The Morgan fingerprint density at radius 1 is 1.13 bits per heavy atom. The molecule has 1 aliphatic rings. The number of aryl methyl sites for hydroxylation is 1. The van der Waals surface area contributed by atoms with Crippen molar-refractivity contribution in [1.82, 2.24) is 15.5 Å². The Morgan fingerprint density at radius 2 is 1.80 bits per heavy atom. The summed E-state index contributed by atoms with van der Waals surface area (Å²) in [4.78, 5) is 14.9. The first kappa shape index (κ1) is 21.9. The lowest BCUT2D eigenvalue weighted by Crippen LogP contribution is -2.48. The van der Waals surface area contributed by atoms with Gasteiger partial charge >= 0.3 is 0 Å². The number of carbonyl (C=O) groups excluding carboxylic acids is 1. The van der Waals surface area contributed by atoms with Gasteiger partial charge in [0.15, 0.2) is 16.6 Å². The Labute approximate surface area is 183 Å². The average Bonchev–Trinajstić information content (AvgIpc) is 2.76. The fourth-order valence-corrected chi connectivity index (χ4v) is 4.10. The number of nitrogens with one attached hydrogen (secondary N) is 2. The van der Waals surface area contributed by atoms with E-state index in [4.69, 9.17) is 21.7 Å². The number of hydrogen-bond acceptors (Lipinski definition) is 4. The number of rotatable bonds is 6. The van der Waals surface area contributed by atoms with E-state index in [9.17, 15) is 4.79 Å². The molecule has 0 aliphatic carbocycles. The number of thiocarbonyl (C=S) groups is 1. The number of carbonyl (C=O) groups is 1. The van der Waals surface area contributed by atoms with Crippen LogP contribution in [0, 0.1) is 6.92 Å². The van der Waals surface area contributed by atoms with Crippen molar-refractivity contribution in [2.75, 3.05) is 33.9 Å². The molecule has 2 N–H and O–H groups in total. The smallest absolute Gasteiger partial charge is 0.251 e. The summed E-state index contributed by atoms with van der Waals surface area (Å²) in [5.41, 5.74) is 4.03. The molecule has 30 heavy (non-hydrogen) atoms. The van der Waals surface area contributed by atoms with Gasteiger partial charge in [0.05, 0.1) is 20.3 Å². The van der Waals surface area contributed by atoms with E-state index in [0.29, 0.717) is 28.7 Å². The lowest BCUT2D eigenvalue weighted by Gasteiger charge is -2.39. The molecule has 2 aromatic rings. The maximum atomic E-state index is 12.7. The first-order valence-corrected chi connectivity index (χ1v) is 10.5. The minimum Gasteiger partial charge on any atom is -0.493 e. The maximum Gasteiger partial charge on any atom is 0.251 e. The van der Waals surface area contributed by atoms with Gasteiger partial charge in [-0.3, -0.25) is 4.79 Å². The van der Waals surface area contributed by atoms with Crippen LogP contribution < -0.4 is 20.1 Å². The minimum atomic E-state index is -0.102. The van der Waals surface area contributed by atoms with E-state index in [1.807, 2.05) is 50.2 Å². The molecule has 1 unspecified atom stereocenters. The van der Waals surface area contributed by atoms with Crippen LogP contribution in [0.2, 0.25) is 0 Å². The van der Waals surface area contributed by atoms with Crippen LogP contribution in [0.4, 0.5) is 0 Å². The highest BCUT2D eigenvalue weighted by molar-refractivity contribution is 7.80. The standard InChI is InChI=1S/C23H29N3O3S/c1-5-24-23(30)26-11-10-17-12-20(28-3)21(29-4)13-18(17)19(26)14-25-22(27)16-8-6-15(2)7-9-16/h6-9,12-13,19H,5,10-11,14H2,1-4H3,(H,24,30)(H,25,27). The molecule has 0 radical (unpaired) electrons. The number of amides is 1. The van der Waals surface area contributed by atoms with Crippen LogP contribution in [-0.4, -0.2) is 49.8 Å². The van der Waals surface area contributed by atoms with Gasteiger partial charge in [-0.15, -0.1) is 0 Å². The van der Waals surface area contributed by atoms with Crippen LogP contribution in [0.3, 0.4) is 0 Å². The van der Waals surface area contributed by atoms with E-state index in [1.54, 1.807) is 14.2 Å². The van der Waals surface area contributed by atoms with Gasteiger partial charge in [0, 0.05) is 25.2 Å². The molecule has 1 atom stereocenters. The third-order valence-corrected chi connectivity index (χ3v) is 5.74. The minimum absolute atomic E-state index is 0.100. The molecule has 0 saturated carbocycles. The van der Waals surface area contributed by atoms with E-state index in [0.717, 1.165) is 30.6 Å². The van der Waals surface area contributed by atoms with E-state index in [-0.39, 0.29) is 11.9 Å². The van der Waals surface area contributed by atoms with E-state index in [1.165, 1.54) is 5.56 Å². The van der Waals surface area contributed by atoms with Crippen molar-refractivity contribution < 1.29 is 14.3 Å². The summed E-state index contributed by atoms with van der Waals surface area (Å²) in [6.45, 7) is 5.96. The Bertz CT molecular complexity index is 915. The molecule has 0 spiro atoms. The van der Waals surface area contributed by atoms with E-state index < -0.39 is 0 Å². The fourth-order valence-electron chi connectivity index (χ4n) is 3.74. The SMILES string of the molecule is CCNC(=S)N1CCc2cc(OC)c(OC)cc2C1CNC(=O)c1ccc(C)cc1. The largest absolute Gasteiger partial charge is 0.493 e. The van der Waals surface area contributed by atoms with E-state index >= 15 is 0 Å². The summed E-state index contributed by atoms with van der Waals surface area (Å²) in [5.74, 6) is 1.28. The molecule has 7 heteroatoms. The molecule has 1 amide bonds. The summed E-state index contributed by atoms with van der Waals surface area (Å²) < 4.78 is 11.0. The molecular weight excluding hydrogens is 398 g/mol. The zero-order valence-electron chi connectivity index (χ0n) is 18.0. The van der Waals surface area contributed by atoms with Crippen LogP contribution >= 0.6 is 12.2 Å². The molecule has 1 heterocycles.